The number of carbonyl (C=O) groups excluding carboxylic acids is 2. The lowest BCUT2D eigenvalue weighted by Crippen LogP contribution is -2.29. The summed E-state index contributed by atoms with van der Waals surface area (Å²) in [5.41, 5.74) is 0. The summed E-state index contributed by atoms with van der Waals surface area (Å²) in [5, 5.41) is 18.3. The highest BCUT2D eigenvalue weighted by molar-refractivity contribution is 7.47. The van der Waals surface area contributed by atoms with Gasteiger partial charge in [0.2, 0.25) is 0 Å². The van der Waals surface area contributed by atoms with Crippen LogP contribution in [0.25, 0.3) is 0 Å². The molecule has 0 aromatic carbocycles. The van der Waals surface area contributed by atoms with Gasteiger partial charge in [-0.1, -0.05) is 146 Å². The minimum Gasteiger partial charge on any atom is -0.462 e. The summed E-state index contributed by atoms with van der Waals surface area (Å²) in [6.45, 7) is 3.84. The summed E-state index contributed by atoms with van der Waals surface area (Å²) >= 11 is 0. The Kier molecular flexibility index (Phi) is 38.6. The molecular formula is C44H79O10P. The van der Waals surface area contributed by atoms with E-state index in [-0.39, 0.29) is 19.4 Å². The van der Waals surface area contributed by atoms with Gasteiger partial charge >= 0.3 is 19.8 Å². The zero-order chi connectivity index (χ0) is 40.5. The molecule has 0 bridgehead atoms. The third kappa shape index (κ3) is 39.9. The Morgan fingerprint density at radius 1 is 0.600 bits per heavy atom. The van der Waals surface area contributed by atoms with Gasteiger partial charge in [0, 0.05) is 12.8 Å². The van der Waals surface area contributed by atoms with E-state index in [9.17, 15) is 24.2 Å². The molecule has 0 saturated heterocycles. The normalized spacial score (nSPS) is 14.1. The number of rotatable bonds is 41. The molecule has 0 spiro atoms. The van der Waals surface area contributed by atoms with E-state index in [4.69, 9.17) is 19.1 Å². The maximum Gasteiger partial charge on any atom is 0.472 e. The van der Waals surface area contributed by atoms with Crippen molar-refractivity contribution < 1.29 is 47.8 Å². The van der Waals surface area contributed by atoms with Gasteiger partial charge in [0.05, 0.1) is 19.8 Å². The van der Waals surface area contributed by atoms with Crippen molar-refractivity contribution in [2.24, 2.45) is 0 Å². The summed E-state index contributed by atoms with van der Waals surface area (Å²) in [7, 11) is -4.62. The lowest BCUT2D eigenvalue weighted by atomic mass is 10.0. The van der Waals surface area contributed by atoms with Crippen LogP contribution in [0.2, 0.25) is 0 Å². The Hall–Kier alpha value is -2.07. The van der Waals surface area contributed by atoms with Gasteiger partial charge in [0.25, 0.3) is 0 Å². The lowest BCUT2D eigenvalue weighted by Gasteiger charge is -2.20. The summed E-state index contributed by atoms with van der Waals surface area (Å²) in [6.07, 6.45) is 41.1. The van der Waals surface area contributed by atoms with Crippen molar-refractivity contribution >= 4 is 19.8 Å². The minimum atomic E-state index is -4.62. The standard InChI is InChI=1S/C44H79O10P/c1-3-5-7-9-11-13-15-17-19-20-22-24-26-28-30-32-34-36-44(48)54-42(40-53-55(49,50)52-38-41(46)37-45)39-51-43(47)35-33-31-29-27-25-23-21-18-16-14-12-10-8-6-4-2/h4,11,13,17,19,22,24,41-42,45-46H,2-3,5-10,12,14-16,18,20-21,23,25-40H2,1H3,(H,49,50)/b13-11+,19-17+,24-22+/t41-,42+/m0/s1. The number of aliphatic hydroxyl groups excluding tert-OH is 2. The maximum atomic E-state index is 12.6. The van der Waals surface area contributed by atoms with Crippen LogP contribution in [-0.4, -0.2) is 65.7 Å². The Morgan fingerprint density at radius 3 is 1.55 bits per heavy atom. The molecular weight excluding hydrogens is 719 g/mol. The molecule has 0 saturated carbocycles. The fourth-order valence-electron chi connectivity index (χ4n) is 5.74. The average molecular weight is 799 g/mol. The summed E-state index contributed by atoms with van der Waals surface area (Å²) in [4.78, 5) is 35.0. The third-order valence-corrected chi connectivity index (χ3v) is 10.1. The SMILES string of the molecule is C=CCCCCCCCCCCCCCCCC(=O)OC[C@H](COP(=O)(O)OC[C@@H](O)CO)OC(=O)CCCCCC/C=C/C/C=C/C/C=C/CCCCC. The molecule has 0 aromatic rings. The number of unbranched alkanes of at least 4 members (excludes halogenated alkanes) is 20. The number of esters is 2. The first-order chi connectivity index (χ1) is 26.7. The predicted molar refractivity (Wildman–Crippen MR) is 224 cm³/mol. The molecule has 0 amide bonds. The van der Waals surface area contributed by atoms with Gasteiger partial charge in [-0.05, 0) is 64.2 Å². The van der Waals surface area contributed by atoms with Crippen LogP contribution >= 0.6 is 7.82 Å². The zero-order valence-electron chi connectivity index (χ0n) is 34.5. The van der Waals surface area contributed by atoms with E-state index in [1.807, 2.05) is 6.08 Å². The van der Waals surface area contributed by atoms with Crippen LogP contribution < -0.4 is 0 Å². The molecule has 10 nitrogen and oxygen atoms in total. The van der Waals surface area contributed by atoms with Crippen LogP contribution in [0.4, 0.5) is 0 Å². The van der Waals surface area contributed by atoms with Gasteiger partial charge in [-0.3, -0.25) is 18.6 Å². The van der Waals surface area contributed by atoms with Gasteiger partial charge in [-0.25, -0.2) is 4.57 Å². The van der Waals surface area contributed by atoms with Gasteiger partial charge < -0.3 is 24.6 Å². The molecule has 0 aliphatic rings. The second kappa shape index (κ2) is 40.1. The fraction of sp³-hybridized carbons (Fsp3) is 0.773. The summed E-state index contributed by atoms with van der Waals surface area (Å²) in [6, 6.07) is 0. The molecule has 0 aliphatic heterocycles. The molecule has 1 unspecified atom stereocenters. The number of carbonyl (C=O) groups is 2. The first kappa shape index (κ1) is 52.9. The van der Waals surface area contributed by atoms with Crippen LogP contribution in [0.3, 0.4) is 0 Å². The molecule has 0 aliphatic carbocycles. The molecule has 0 aromatic heterocycles. The quantitative estimate of drug-likeness (QED) is 0.0236. The van der Waals surface area contributed by atoms with Gasteiger partial charge in [-0.2, -0.15) is 0 Å². The lowest BCUT2D eigenvalue weighted by molar-refractivity contribution is -0.161. The highest BCUT2D eigenvalue weighted by atomic mass is 31.2. The number of ether oxygens (including phenoxy) is 2. The van der Waals surface area contributed by atoms with Crippen LogP contribution in [0.5, 0.6) is 0 Å². The van der Waals surface area contributed by atoms with E-state index < -0.39 is 51.8 Å². The topological polar surface area (TPSA) is 149 Å². The van der Waals surface area contributed by atoms with Crippen LogP contribution in [-0.2, 0) is 32.7 Å². The highest BCUT2D eigenvalue weighted by Gasteiger charge is 2.27. The molecule has 0 fully saturated rings. The van der Waals surface area contributed by atoms with Crippen molar-refractivity contribution in [1.29, 1.82) is 0 Å². The van der Waals surface area contributed by atoms with Gasteiger partial charge in [0.15, 0.2) is 6.10 Å². The molecule has 0 heterocycles. The number of aliphatic hydroxyl groups is 2. The van der Waals surface area contributed by atoms with Crippen molar-refractivity contribution in [1.82, 2.24) is 0 Å². The second-order valence-electron chi connectivity index (χ2n) is 14.4. The number of hydrogen-bond donors (Lipinski definition) is 3. The number of phosphoric acid groups is 1. The monoisotopic (exact) mass is 799 g/mol. The Morgan fingerprint density at radius 2 is 1.04 bits per heavy atom. The van der Waals surface area contributed by atoms with E-state index in [1.165, 1.54) is 83.5 Å². The maximum absolute atomic E-state index is 12.6. The molecule has 3 N–H and O–H groups in total. The van der Waals surface area contributed by atoms with E-state index >= 15 is 0 Å². The average Bonchev–Trinajstić information content (AvgIpc) is 3.17. The molecule has 11 heteroatoms. The first-order valence-corrected chi connectivity index (χ1v) is 23.0. The van der Waals surface area contributed by atoms with Crippen molar-refractivity contribution in [2.75, 3.05) is 26.4 Å². The van der Waals surface area contributed by atoms with E-state index in [0.29, 0.717) is 12.8 Å². The zero-order valence-corrected chi connectivity index (χ0v) is 35.4. The number of phosphoric ester groups is 1. The Labute approximate surface area is 334 Å². The van der Waals surface area contributed by atoms with E-state index in [0.717, 1.165) is 64.2 Å². The predicted octanol–water partition coefficient (Wildman–Crippen LogP) is 11.3. The molecule has 0 rings (SSSR count). The molecule has 0 radical (unpaired) electrons. The number of hydrogen-bond acceptors (Lipinski definition) is 9. The van der Waals surface area contributed by atoms with Crippen molar-refractivity contribution in [3.05, 3.63) is 49.1 Å². The fourth-order valence-corrected chi connectivity index (χ4v) is 6.53. The largest absolute Gasteiger partial charge is 0.472 e. The van der Waals surface area contributed by atoms with Crippen molar-refractivity contribution in [2.45, 2.75) is 192 Å². The van der Waals surface area contributed by atoms with Crippen LogP contribution in [0.15, 0.2) is 49.1 Å². The van der Waals surface area contributed by atoms with Gasteiger partial charge in [0.1, 0.15) is 12.7 Å². The van der Waals surface area contributed by atoms with Crippen molar-refractivity contribution in [3.63, 3.8) is 0 Å². The Balaban J connectivity index is 4.33. The van der Waals surface area contributed by atoms with Gasteiger partial charge in [-0.15, -0.1) is 6.58 Å². The van der Waals surface area contributed by atoms with Crippen LogP contribution in [0, 0.1) is 0 Å². The summed E-state index contributed by atoms with van der Waals surface area (Å²) < 4.78 is 32.7. The van der Waals surface area contributed by atoms with E-state index in [1.54, 1.807) is 0 Å². The Bertz CT molecular complexity index is 1040. The molecule has 55 heavy (non-hydrogen) atoms. The third-order valence-electron chi connectivity index (χ3n) is 9.10. The molecule has 3 atom stereocenters. The minimum absolute atomic E-state index is 0.157. The highest BCUT2D eigenvalue weighted by Crippen LogP contribution is 2.43. The van der Waals surface area contributed by atoms with Crippen molar-refractivity contribution in [3.8, 4) is 0 Å². The smallest absolute Gasteiger partial charge is 0.462 e. The first-order valence-electron chi connectivity index (χ1n) is 21.6. The molecule has 320 valence electrons. The van der Waals surface area contributed by atoms with E-state index in [2.05, 4.69) is 54.5 Å². The summed E-state index contributed by atoms with van der Waals surface area (Å²) in [5.74, 6) is -0.953. The second-order valence-corrected chi connectivity index (χ2v) is 15.9. The van der Waals surface area contributed by atoms with Crippen LogP contribution in [0.1, 0.15) is 180 Å². The number of allylic oxidation sites excluding steroid dienone is 7.